The fourth-order valence-corrected chi connectivity index (χ4v) is 2.00. The summed E-state index contributed by atoms with van der Waals surface area (Å²) < 4.78 is 5.58. The lowest BCUT2D eigenvalue weighted by Gasteiger charge is -2.38. The largest absolute Gasteiger partial charge is 0.375 e. The molecule has 1 fully saturated rings. The molecule has 1 aliphatic rings. The Labute approximate surface area is 95.0 Å². The number of pyridine rings is 1. The minimum atomic E-state index is 0.271. The van der Waals surface area contributed by atoms with E-state index in [1.807, 2.05) is 12.1 Å². The molecule has 2 atom stereocenters. The third-order valence-corrected chi connectivity index (χ3v) is 2.86. The van der Waals surface area contributed by atoms with Crippen LogP contribution in [0.4, 0.5) is 5.69 Å². The zero-order valence-electron chi connectivity index (χ0n) is 8.98. The summed E-state index contributed by atoms with van der Waals surface area (Å²) in [6.07, 6.45) is 2.01. The van der Waals surface area contributed by atoms with Crippen molar-refractivity contribution >= 4 is 17.3 Å². The van der Waals surface area contributed by atoms with Gasteiger partial charge in [0.1, 0.15) is 5.15 Å². The molecule has 1 saturated heterocycles. The molecular formula is C11H15ClN2O. The van der Waals surface area contributed by atoms with Gasteiger partial charge in [0, 0.05) is 24.5 Å². The van der Waals surface area contributed by atoms with Gasteiger partial charge in [0.05, 0.1) is 12.7 Å². The average Bonchev–Trinajstić information content (AvgIpc) is 2.22. The molecule has 1 aliphatic heterocycles. The van der Waals surface area contributed by atoms with Crippen LogP contribution in [0, 0.1) is 0 Å². The second-order valence-corrected chi connectivity index (χ2v) is 4.37. The van der Waals surface area contributed by atoms with Crippen LogP contribution in [0.3, 0.4) is 0 Å². The number of hydrogen-bond donors (Lipinski definition) is 0. The Morgan fingerprint density at radius 2 is 2.33 bits per heavy atom. The highest BCUT2D eigenvalue weighted by Crippen LogP contribution is 2.23. The summed E-state index contributed by atoms with van der Waals surface area (Å²) in [5.74, 6) is 0. The van der Waals surface area contributed by atoms with Gasteiger partial charge in [0.15, 0.2) is 0 Å². The third-order valence-electron chi connectivity index (χ3n) is 2.65. The fraction of sp³-hybridized carbons (Fsp3) is 0.545. The van der Waals surface area contributed by atoms with E-state index < -0.39 is 0 Å². The Morgan fingerprint density at radius 3 is 3.07 bits per heavy atom. The van der Waals surface area contributed by atoms with Crippen molar-refractivity contribution in [1.29, 1.82) is 0 Å². The average molecular weight is 227 g/mol. The second-order valence-electron chi connectivity index (χ2n) is 3.98. The Kier molecular flexibility index (Phi) is 3.12. The van der Waals surface area contributed by atoms with Crippen LogP contribution in [0.15, 0.2) is 18.3 Å². The zero-order valence-corrected chi connectivity index (χ0v) is 9.74. The van der Waals surface area contributed by atoms with Crippen LogP contribution in [-0.2, 0) is 4.74 Å². The van der Waals surface area contributed by atoms with E-state index in [0.29, 0.717) is 11.2 Å². The molecule has 0 saturated carbocycles. The molecule has 4 heteroatoms. The maximum absolute atomic E-state index is 5.88. The van der Waals surface area contributed by atoms with Crippen LogP contribution in [0.1, 0.15) is 13.8 Å². The topological polar surface area (TPSA) is 25.4 Å². The maximum atomic E-state index is 5.88. The minimum absolute atomic E-state index is 0.271. The van der Waals surface area contributed by atoms with E-state index in [2.05, 4.69) is 23.7 Å². The van der Waals surface area contributed by atoms with E-state index in [1.165, 1.54) is 0 Å². The highest BCUT2D eigenvalue weighted by Gasteiger charge is 2.23. The van der Waals surface area contributed by atoms with E-state index in [0.717, 1.165) is 18.8 Å². The second kappa shape index (κ2) is 4.37. The lowest BCUT2D eigenvalue weighted by Crippen LogP contribution is -2.47. The van der Waals surface area contributed by atoms with E-state index in [4.69, 9.17) is 16.3 Å². The van der Waals surface area contributed by atoms with Gasteiger partial charge in [-0.2, -0.15) is 0 Å². The van der Waals surface area contributed by atoms with Crippen molar-refractivity contribution in [3.63, 3.8) is 0 Å². The summed E-state index contributed by atoms with van der Waals surface area (Å²) in [5, 5.41) is 0.541. The van der Waals surface area contributed by atoms with Gasteiger partial charge in [-0.05, 0) is 26.0 Å². The molecule has 3 nitrogen and oxygen atoms in total. The lowest BCUT2D eigenvalue weighted by atomic mass is 10.2. The summed E-state index contributed by atoms with van der Waals surface area (Å²) in [5.41, 5.74) is 1.12. The summed E-state index contributed by atoms with van der Waals surface area (Å²) in [6, 6.07) is 4.27. The van der Waals surface area contributed by atoms with Crippen molar-refractivity contribution in [3.05, 3.63) is 23.5 Å². The van der Waals surface area contributed by atoms with Crippen LogP contribution in [0.2, 0.25) is 5.15 Å². The first-order valence-electron chi connectivity index (χ1n) is 5.16. The van der Waals surface area contributed by atoms with Crippen molar-refractivity contribution in [2.75, 3.05) is 18.1 Å². The summed E-state index contributed by atoms with van der Waals surface area (Å²) in [4.78, 5) is 6.29. The normalized spacial score (nSPS) is 26.7. The molecule has 15 heavy (non-hydrogen) atoms. The van der Waals surface area contributed by atoms with Crippen LogP contribution in [0.25, 0.3) is 0 Å². The third kappa shape index (κ3) is 2.41. The highest BCUT2D eigenvalue weighted by atomic mass is 35.5. The standard InChI is InChI=1S/C11H15ClN2O/c1-8-7-15-9(2)6-14(8)10-3-4-13-11(12)5-10/h3-5,8-9H,6-7H2,1-2H3. The van der Waals surface area contributed by atoms with Gasteiger partial charge in [0.2, 0.25) is 0 Å². The van der Waals surface area contributed by atoms with Gasteiger partial charge in [0.25, 0.3) is 0 Å². The molecule has 0 aromatic carbocycles. The predicted octanol–water partition coefficient (Wildman–Crippen LogP) is 2.35. The summed E-state index contributed by atoms with van der Waals surface area (Å²) in [6.45, 7) is 5.91. The van der Waals surface area contributed by atoms with Crippen molar-refractivity contribution < 1.29 is 4.74 Å². The van der Waals surface area contributed by atoms with E-state index in [-0.39, 0.29) is 6.10 Å². The number of aromatic nitrogens is 1. The smallest absolute Gasteiger partial charge is 0.131 e. The van der Waals surface area contributed by atoms with Gasteiger partial charge in [-0.15, -0.1) is 0 Å². The molecule has 0 bridgehead atoms. The Morgan fingerprint density at radius 1 is 1.53 bits per heavy atom. The molecule has 0 radical (unpaired) electrons. The molecule has 0 N–H and O–H groups in total. The first-order valence-corrected chi connectivity index (χ1v) is 5.54. The summed E-state index contributed by atoms with van der Waals surface area (Å²) >= 11 is 5.88. The number of hydrogen-bond acceptors (Lipinski definition) is 3. The van der Waals surface area contributed by atoms with Crippen LogP contribution in [0.5, 0.6) is 0 Å². The fourth-order valence-electron chi connectivity index (χ4n) is 1.83. The van der Waals surface area contributed by atoms with Crippen molar-refractivity contribution in [2.24, 2.45) is 0 Å². The number of anilines is 1. The van der Waals surface area contributed by atoms with Gasteiger partial charge < -0.3 is 9.64 Å². The lowest BCUT2D eigenvalue weighted by molar-refractivity contribution is 0.0344. The molecule has 1 aromatic heterocycles. The van der Waals surface area contributed by atoms with Crippen molar-refractivity contribution in [3.8, 4) is 0 Å². The molecule has 1 aromatic rings. The summed E-state index contributed by atoms with van der Waals surface area (Å²) in [7, 11) is 0. The number of morpholine rings is 1. The number of rotatable bonds is 1. The van der Waals surface area contributed by atoms with Gasteiger partial charge in [-0.3, -0.25) is 0 Å². The molecular weight excluding hydrogens is 212 g/mol. The molecule has 82 valence electrons. The Balaban J connectivity index is 2.21. The van der Waals surface area contributed by atoms with Crippen LogP contribution < -0.4 is 4.90 Å². The molecule has 0 aliphatic carbocycles. The van der Waals surface area contributed by atoms with Gasteiger partial charge >= 0.3 is 0 Å². The molecule has 0 amide bonds. The maximum Gasteiger partial charge on any atom is 0.131 e. The van der Waals surface area contributed by atoms with Crippen molar-refractivity contribution in [2.45, 2.75) is 26.0 Å². The molecule has 0 spiro atoms. The molecule has 2 heterocycles. The van der Waals surface area contributed by atoms with Crippen LogP contribution in [-0.4, -0.2) is 30.3 Å². The SMILES string of the molecule is CC1CN(c2ccnc(Cl)c2)C(C)CO1. The Bertz CT molecular complexity index is 345. The van der Waals surface area contributed by atoms with E-state index >= 15 is 0 Å². The van der Waals surface area contributed by atoms with E-state index in [9.17, 15) is 0 Å². The van der Waals surface area contributed by atoms with E-state index in [1.54, 1.807) is 6.20 Å². The number of ether oxygens (including phenoxy) is 1. The quantitative estimate of drug-likeness (QED) is 0.688. The zero-order chi connectivity index (χ0) is 10.8. The number of nitrogens with zero attached hydrogens (tertiary/aromatic N) is 2. The first-order chi connectivity index (χ1) is 7.16. The molecule has 2 rings (SSSR count). The van der Waals surface area contributed by atoms with Crippen LogP contribution >= 0.6 is 11.6 Å². The van der Waals surface area contributed by atoms with Gasteiger partial charge in [-0.25, -0.2) is 4.98 Å². The number of halogens is 1. The van der Waals surface area contributed by atoms with Gasteiger partial charge in [-0.1, -0.05) is 11.6 Å². The monoisotopic (exact) mass is 226 g/mol. The minimum Gasteiger partial charge on any atom is -0.375 e. The highest BCUT2D eigenvalue weighted by molar-refractivity contribution is 6.29. The Hall–Kier alpha value is -0.800. The first kappa shape index (κ1) is 10.7. The molecule has 2 unspecified atom stereocenters. The van der Waals surface area contributed by atoms with Crippen molar-refractivity contribution in [1.82, 2.24) is 4.98 Å². The predicted molar refractivity (Wildman–Crippen MR) is 61.5 cm³/mol.